The summed E-state index contributed by atoms with van der Waals surface area (Å²) in [4.78, 5) is 38.9. The molecule has 14 heteroatoms. The molecule has 1 aliphatic rings. The van der Waals surface area contributed by atoms with Crippen LogP contribution in [0.5, 0.6) is 0 Å². The Morgan fingerprint density at radius 3 is 2.48 bits per heavy atom. The lowest BCUT2D eigenvalue weighted by atomic mass is 10.0. The average Bonchev–Trinajstić information content (AvgIpc) is 2.97. The lowest BCUT2D eigenvalue weighted by Crippen LogP contribution is -2.43. The highest BCUT2D eigenvalue weighted by Gasteiger charge is 2.38. The monoisotopic (exact) mass is 598 g/mol. The lowest BCUT2D eigenvalue weighted by molar-refractivity contribution is -0.169. The van der Waals surface area contributed by atoms with E-state index in [4.69, 9.17) is 17.3 Å². The number of nitrogens with two attached hydrogens (primary N) is 1. The number of rotatable bonds is 6. The Balaban J connectivity index is 1.43. The number of nitrogens with one attached hydrogen (secondary N) is 2. The number of hydrogen-bond donors (Lipinski definition) is 3. The maximum absolute atomic E-state index is 13.5. The maximum atomic E-state index is 13.5. The van der Waals surface area contributed by atoms with Crippen molar-refractivity contribution < 1.29 is 18.0 Å². The van der Waals surface area contributed by atoms with Gasteiger partial charge in [-0.2, -0.15) is 23.1 Å². The number of hydrogen-bond acceptors (Lipinski definition) is 7. The largest absolute Gasteiger partial charge is 0.473 e. The third kappa shape index (κ3) is 6.06. The summed E-state index contributed by atoms with van der Waals surface area (Å²) in [5, 5.41) is 7.13. The second-order valence-electron chi connectivity index (χ2n) is 9.48. The van der Waals surface area contributed by atoms with Crippen LogP contribution in [-0.4, -0.2) is 58.6 Å². The van der Waals surface area contributed by atoms with E-state index in [1.807, 2.05) is 24.3 Å². The van der Waals surface area contributed by atoms with Crippen LogP contribution in [0.1, 0.15) is 12.5 Å². The Hall–Kier alpha value is -4.49. The molecular formula is C28H26ClF3N8O2. The molecule has 2 aromatic carbocycles. The van der Waals surface area contributed by atoms with Gasteiger partial charge in [0.15, 0.2) is 0 Å². The standard InChI is InChI=1S/C28H26ClF3N8O2/c1-2-40-24-17(15-35-27(38-24)36-18-4-6-19(7-5-18)39-11-9-34-10-12-39)13-21(25(40)41)20-8-3-16(14-22(20)29)23(33)37-26(42)28(30,31)32/h3-8,13-15,34H,2,9-12H2,1H3,(H2,33,37,42)(H,35,36,38). The lowest BCUT2D eigenvalue weighted by Gasteiger charge is -2.29. The van der Waals surface area contributed by atoms with Gasteiger partial charge in [0.05, 0.1) is 0 Å². The van der Waals surface area contributed by atoms with Crippen molar-refractivity contribution in [2.45, 2.75) is 19.6 Å². The Labute approximate surface area is 243 Å². The highest BCUT2D eigenvalue weighted by atomic mass is 35.5. The van der Waals surface area contributed by atoms with Crippen LogP contribution in [0, 0.1) is 0 Å². The number of aliphatic imine (C=N–C) groups is 1. The molecule has 0 saturated carbocycles. The summed E-state index contributed by atoms with van der Waals surface area (Å²) in [5.74, 6) is -2.67. The topological polar surface area (TPSA) is 131 Å². The number of alkyl halides is 3. The normalized spacial score (nSPS) is 14.3. The van der Waals surface area contributed by atoms with Crippen molar-refractivity contribution in [1.29, 1.82) is 0 Å². The van der Waals surface area contributed by atoms with Gasteiger partial charge in [0, 0.05) is 77.4 Å². The predicted molar refractivity (Wildman–Crippen MR) is 157 cm³/mol. The second kappa shape index (κ2) is 11.8. The Morgan fingerprint density at radius 2 is 1.83 bits per heavy atom. The van der Waals surface area contributed by atoms with Crippen molar-refractivity contribution >= 4 is 51.7 Å². The first-order valence-electron chi connectivity index (χ1n) is 13.0. The van der Waals surface area contributed by atoms with Crippen LogP contribution in [0.25, 0.3) is 22.2 Å². The molecule has 0 unspecified atom stereocenters. The third-order valence-electron chi connectivity index (χ3n) is 6.77. The number of halogens is 4. The molecule has 4 N–H and O–H groups in total. The number of amides is 1. The summed E-state index contributed by atoms with van der Waals surface area (Å²) >= 11 is 6.42. The van der Waals surface area contributed by atoms with E-state index in [1.165, 1.54) is 22.8 Å². The fraction of sp³-hybridized carbons (Fsp3) is 0.250. The highest BCUT2D eigenvalue weighted by Crippen LogP contribution is 2.29. The van der Waals surface area contributed by atoms with Crippen LogP contribution >= 0.6 is 11.6 Å². The molecule has 0 spiro atoms. The van der Waals surface area contributed by atoms with Gasteiger partial charge in [-0.15, -0.1) is 0 Å². The number of anilines is 3. The first kappa shape index (κ1) is 29.0. The van der Waals surface area contributed by atoms with Crippen LogP contribution in [-0.2, 0) is 11.3 Å². The number of aromatic nitrogens is 3. The van der Waals surface area contributed by atoms with Crippen molar-refractivity contribution in [2.75, 3.05) is 36.4 Å². The summed E-state index contributed by atoms with van der Waals surface area (Å²) in [6, 6.07) is 13.6. The zero-order chi connectivity index (χ0) is 30.0. The average molecular weight is 599 g/mol. The van der Waals surface area contributed by atoms with E-state index in [0.29, 0.717) is 29.1 Å². The molecule has 4 aromatic rings. The number of aryl methyl sites for hydroxylation is 1. The van der Waals surface area contributed by atoms with Gasteiger partial charge in [0.2, 0.25) is 5.95 Å². The minimum atomic E-state index is -5.16. The number of carbonyl (C=O) groups is 1. The first-order valence-corrected chi connectivity index (χ1v) is 13.4. The minimum Gasteiger partial charge on any atom is -0.383 e. The van der Waals surface area contributed by atoms with E-state index in [9.17, 15) is 22.8 Å². The quantitative estimate of drug-likeness (QED) is 0.224. The van der Waals surface area contributed by atoms with Crippen molar-refractivity contribution in [3.63, 3.8) is 0 Å². The van der Waals surface area contributed by atoms with Crippen molar-refractivity contribution in [1.82, 2.24) is 19.9 Å². The summed E-state index contributed by atoms with van der Waals surface area (Å²) in [6.45, 7) is 5.87. The van der Waals surface area contributed by atoms with E-state index in [1.54, 1.807) is 19.2 Å². The summed E-state index contributed by atoms with van der Waals surface area (Å²) in [6.07, 6.45) is -3.57. The fourth-order valence-electron chi connectivity index (χ4n) is 4.64. The molecule has 1 aliphatic heterocycles. The van der Waals surface area contributed by atoms with E-state index < -0.39 is 17.9 Å². The molecule has 0 atom stereocenters. The van der Waals surface area contributed by atoms with Crippen LogP contribution in [0.15, 0.2) is 64.5 Å². The molecule has 2 aromatic heterocycles. The Morgan fingerprint density at radius 1 is 1.12 bits per heavy atom. The van der Waals surface area contributed by atoms with Crippen LogP contribution in [0.2, 0.25) is 5.02 Å². The van der Waals surface area contributed by atoms with Gasteiger partial charge in [-0.1, -0.05) is 23.7 Å². The number of pyridine rings is 1. The van der Waals surface area contributed by atoms with E-state index >= 15 is 0 Å². The highest BCUT2D eigenvalue weighted by molar-refractivity contribution is 6.33. The summed E-state index contributed by atoms with van der Waals surface area (Å²) in [5.41, 5.74) is 8.09. The second-order valence-corrected chi connectivity index (χ2v) is 9.89. The number of carbonyl (C=O) groups excluding carboxylic acids is 1. The SMILES string of the molecule is CCn1c(=O)c(-c2ccc(C(N)=NC(=O)C(F)(F)F)cc2Cl)cc2cnc(Nc3ccc(N4CCNCC4)cc3)nc21. The molecule has 5 rings (SSSR count). The van der Waals surface area contributed by atoms with Gasteiger partial charge >= 0.3 is 12.1 Å². The molecular weight excluding hydrogens is 573 g/mol. The third-order valence-corrected chi connectivity index (χ3v) is 7.08. The minimum absolute atomic E-state index is 0.00187. The van der Waals surface area contributed by atoms with E-state index in [0.717, 1.165) is 37.6 Å². The number of piperazine rings is 1. The molecule has 10 nitrogen and oxygen atoms in total. The van der Waals surface area contributed by atoms with Crippen LogP contribution in [0.3, 0.4) is 0 Å². The molecule has 218 valence electrons. The molecule has 1 amide bonds. The van der Waals surface area contributed by atoms with Gasteiger partial charge in [-0.25, -0.2) is 4.98 Å². The zero-order valence-corrected chi connectivity index (χ0v) is 23.1. The number of benzene rings is 2. The number of amidine groups is 1. The number of nitrogens with zero attached hydrogens (tertiary/aromatic N) is 5. The van der Waals surface area contributed by atoms with Crippen molar-refractivity contribution in [3.8, 4) is 11.1 Å². The molecule has 3 heterocycles. The van der Waals surface area contributed by atoms with Crippen LogP contribution < -0.4 is 26.8 Å². The Bertz CT molecular complexity index is 1730. The first-order chi connectivity index (χ1) is 20.0. The predicted octanol–water partition coefficient (Wildman–Crippen LogP) is 4.08. The maximum Gasteiger partial charge on any atom is 0.473 e. The van der Waals surface area contributed by atoms with Crippen molar-refractivity contribution in [2.24, 2.45) is 10.7 Å². The summed E-state index contributed by atoms with van der Waals surface area (Å²) < 4.78 is 39.1. The fourth-order valence-corrected chi connectivity index (χ4v) is 4.93. The number of fused-ring (bicyclic) bond motifs is 1. The molecule has 0 radical (unpaired) electrons. The molecule has 0 bridgehead atoms. The smallest absolute Gasteiger partial charge is 0.383 e. The van der Waals surface area contributed by atoms with Gasteiger partial charge in [-0.05, 0) is 43.3 Å². The van der Waals surface area contributed by atoms with Crippen molar-refractivity contribution in [3.05, 3.63) is 75.7 Å². The molecule has 1 fully saturated rings. The molecule has 1 saturated heterocycles. The van der Waals surface area contributed by atoms with Gasteiger partial charge in [-0.3, -0.25) is 14.2 Å². The van der Waals surface area contributed by atoms with Gasteiger partial charge in [0.25, 0.3) is 5.56 Å². The Kier molecular flexibility index (Phi) is 8.14. The van der Waals surface area contributed by atoms with E-state index in [-0.39, 0.29) is 21.7 Å². The zero-order valence-electron chi connectivity index (χ0n) is 22.4. The van der Waals surface area contributed by atoms with E-state index in [2.05, 4.69) is 30.5 Å². The van der Waals surface area contributed by atoms with Gasteiger partial charge < -0.3 is 21.3 Å². The van der Waals surface area contributed by atoms with Crippen LogP contribution in [0.4, 0.5) is 30.5 Å². The molecule has 0 aliphatic carbocycles. The molecule has 42 heavy (non-hydrogen) atoms. The van der Waals surface area contributed by atoms with Gasteiger partial charge in [0.1, 0.15) is 11.5 Å². The summed E-state index contributed by atoms with van der Waals surface area (Å²) in [7, 11) is 0.